The van der Waals surface area contributed by atoms with Gasteiger partial charge in [0.15, 0.2) is 0 Å². The largest absolute Gasteiger partial charge is 0.308 e. The summed E-state index contributed by atoms with van der Waals surface area (Å²) in [6.07, 6.45) is 1.32. The summed E-state index contributed by atoms with van der Waals surface area (Å²) in [6, 6.07) is 4.93. The fourth-order valence-electron chi connectivity index (χ4n) is 1.74. The van der Waals surface area contributed by atoms with Gasteiger partial charge in [-0.2, -0.15) is 0 Å². The van der Waals surface area contributed by atoms with Gasteiger partial charge in [0.05, 0.1) is 10.6 Å². The monoisotopic (exact) mass is 286 g/mol. The van der Waals surface area contributed by atoms with Gasteiger partial charge in [0.1, 0.15) is 5.01 Å². The van der Waals surface area contributed by atoms with Crippen LogP contribution in [0.25, 0.3) is 9.88 Å². The molecule has 1 saturated carbocycles. The second-order valence-corrected chi connectivity index (χ2v) is 6.13. The minimum Gasteiger partial charge on any atom is -0.308 e. The Morgan fingerprint density at radius 1 is 1.47 bits per heavy atom. The summed E-state index contributed by atoms with van der Waals surface area (Å²) >= 11 is 3.49. The lowest BCUT2D eigenvalue weighted by Gasteiger charge is -1.98. The highest BCUT2D eigenvalue weighted by Gasteiger charge is 2.31. The number of halogens is 1. The molecular weight excluding hydrogens is 272 g/mol. The van der Waals surface area contributed by atoms with Crippen LogP contribution in [-0.4, -0.2) is 11.0 Å². The number of aromatic nitrogens is 1. The van der Waals surface area contributed by atoms with Crippen molar-refractivity contribution in [3.05, 3.63) is 28.6 Å². The summed E-state index contributed by atoms with van der Waals surface area (Å²) in [5, 5.41) is 8.94. The van der Waals surface area contributed by atoms with Gasteiger partial charge in [0.25, 0.3) is 0 Å². The predicted molar refractivity (Wildman–Crippen MR) is 77.1 cm³/mol. The summed E-state index contributed by atoms with van der Waals surface area (Å²) in [6.45, 7) is 3.20. The van der Waals surface area contributed by atoms with Crippen LogP contribution in [-0.2, 0) is 6.54 Å². The Morgan fingerprint density at radius 3 is 2.94 bits per heavy atom. The van der Waals surface area contributed by atoms with Crippen LogP contribution in [0.1, 0.15) is 19.0 Å². The Bertz CT molecular complexity index is 467. The molecule has 17 heavy (non-hydrogen) atoms. The number of rotatable bonds is 4. The molecule has 0 saturated heterocycles. The standard InChI is InChI=1S/C12H14N2S2.ClH/c1-8-5-10(8)13-6-9-7-16-12(14-9)11-3-2-4-15-11;/h2-4,7-8,10,13H,5-6H2,1H3;1H. The van der Waals surface area contributed by atoms with Gasteiger partial charge < -0.3 is 5.32 Å². The first-order valence-electron chi connectivity index (χ1n) is 5.54. The maximum Gasteiger partial charge on any atom is 0.133 e. The molecule has 2 atom stereocenters. The molecule has 0 aliphatic heterocycles. The number of thiophene rings is 1. The van der Waals surface area contributed by atoms with Crippen LogP contribution >= 0.6 is 35.1 Å². The average Bonchev–Trinajstić information content (AvgIpc) is 2.82. The molecule has 3 rings (SSSR count). The Labute approximate surface area is 116 Å². The zero-order chi connectivity index (χ0) is 11.0. The van der Waals surface area contributed by atoms with E-state index >= 15 is 0 Å². The maximum absolute atomic E-state index is 4.64. The molecule has 0 spiro atoms. The van der Waals surface area contributed by atoms with Gasteiger partial charge in [-0.1, -0.05) is 13.0 Å². The van der Waals surface area contributed by atoms with E-state index < -0.39 is 0 Å². The van der Waals surface area contributed by atoms with Gasteiger partial charge >= 0.3 is 0 Å². The van der Waals surface area contributed by atoms with Crippen molar-refractivity contribution in [2.75, 3.05) is 0 Å². The number of thiazole rings is 1. The van der Waals surface area contributed by atoms with Crippen LogP contribution in [0.5, 0.6) is 0 Å². The van der Waals surface area contributed by atoms with E-state index in [1.165, 1.54) is 17.0 Å². The van der Waals surface area contributed by atoms with Gasteiger partial charge in [-0.05, 0) is 23.8 Å². The molecule has 0 aromatic carbocycles. The molecule has 2 heterocycles. The third-order valence-corrected chi connectivity index (χ3v) is 4.87. The molecule has 0 amide bonds. The van der Waals surface area contributed by atoms with Crippen LogP contribution in [0.15, 0.2) is 22.9 Å². The van der Waals surface area contributed by atoms with Crippen molar-refractivity contribution in [2.24, 2.45) is 5.92 Å². The molecule has 1 N–H and O–H groups in total. The van der Waals surface area contributed by atoms with E-state index in [-0.39, 0.29) is 12.4 Å². The Kier molecular flexibility index (Phi) is 4.20. The van der Waals surface area contributed by atoms with Crippen LogP contribution in [0.4, 0.5) is 0 Å². The first-order chi connectivity index (χ1) is 7.83. The Balaban J connectivity index is 0.00000108. The van der Waals surface area contributed by atoms with E-state index in [0.717, 1.165) is 23.5 Å². The normalized spacial score (nSPS) is 22.2. The van der Waals surface area contributed by atoms with Crippen LogP contribution < -0.4 is 5.32 Å². The molecule has 2 aromatic heterocycles. The quantitative estimate of drug-likeness (QED) is 0.925. The third kappa shape index (κ3) is 3.07. The van der Waals surface area contributed by atoms with Crippen molar-refractivity contribution in [3.63, 3.8) is 0 Å². The first kappa shape index (κ1) is 13.0. The molecule has 1 fully saturated rings. The minimum absolute atomic E-state index is 0. The number of hydrogen-bond acceptors (Lipinski definition) is 4. The molecule has 5 heteroatoms. The van der Waals surface area contributed by atoms with E-state index in [0.29, 0.717) is 0 Å². The van der Waals surface area contributed by atoms with Gasteiger partial charge in [0, 0.05) is 18.0 Å². The smallest absolute Gasteiger partial charge is 0.133 e. The summed E-state index contributed by atoms with van der Waals surface area (Å²) in [4.78, 5) is 5.92. The molecule has 0 bridgehead atoms. The van der Waals surface area contributed by atoms with E-state index in [1.807, 2.05) is 0 Å². The molecule has 0 radical (unpaired) electrons. The lowest BCUT2D eigenvalue weighted by molar-refractivity contribution is 0.645. The number of nitrogens with one attached hydrogen (secondary N) is 1. The molecule has 2 aromatic rings. The van der Waals surface area contributed by atoms with Gasteiger partial charge in [-0.15, -0.1) is 35.1 Å². The molecule has 1 aliphatic carbocycles. The van der Waals surface area contributed by atoms with Gasteiger partial charge in [-0.25, -0.2) is 4.98 Å². The molecule has 92 valence electrons. The lowest BCUT2D eigenvalue weighted by Crippen LogP contribution is -2.17. The highest BCUT2D eigenvalue weighted by atomic mass is 35.5. The average molecular weight is 287 g/mol. The minimum atomic E-state index is 0. The van der Waals surface area contributed by atoms with E-state index in [2.05, 4.69) is 40.1 Å². The van der Waals surface area contributed by atoms with E-state index in [1.54, 1.807) is 22.7 Å². The Morgan fingerprint density at radius 2 is 2.29 bits per heavy atom. The highest BCUT2D eigenvalue weighted by Crippen LogP contribution is 2.30. The van der Waals surface area contributed by atoms with Crippen LogP contribution in [0, 0.1) is 5.92 Å². The summed E-state index contributed by atoms with van der Waals surface area (Å²) in [7, 11) is 0. The summed E-state index contributed by atoms with van der Waals surface area (Å²) in [5.74, 6) is 0.857. The van der Waals surface area contributed by atoms with Crippen molar-refractivity contribution in [1.29, 1.82) is 0 Å². The van der Waals surface area contributed by atoms with E-state index in [9.17, 15) is 0 Å². The molecular formula is C12H15ClN2S2. The first-order valence-corrected chi connectivity index (χ1v) is 7.30. The van der Waals surface area contributed by atoms with E-state index in [4.69, 9.17) is 0 Å². The van der Waals surface area contributed by atoms with Crippen molar-refractivity contribution in [2.45, 2.75) is 25.9 Å². The maximum atomic E-state index is 4.64. The fraction of sp³-hybridized carbons (Fsp3) is 0.417. The lowest BCUT2D eigenvalue weighted by atomic mass is 10.4. The molecule has 2 nitrogen and oxygen atoms in total. The zero-order valence-electron chi connectivity index (χ0n) is 9.55. The van der Waals surface area contributed by atoms with Crippen molar-refractivity contribution in [1.82, 2.24) is 10.3 Å². The van der Waals surface area contributed by atoms with Crippen LogP contribution in [0.3, 0.4) is 0 Å². The number of hydrogen-bond donors (Lipinski definition) is 1. The van der Waals surface area contributed by atoms with Gasteiger partial charge in [0.2, 0.25) is 0 Å². The SMILES string of the molecule is CC1CC1NCc1csc(-c2cccs2)n1.Cl. The second-order valence-electron chi connectivity index (χ2n) is 4.32. The second kappa shape index (κ2) is 5.48. The summed E-state index contributed by atoms with van der Waals surface area (Å²) in [5.41, 5.74) is 1.17. The van der Waals surface area contributed by atoms with Gasteiger partial charge in [-0.3, -0.25) is 0 Å². The Hall–Kier alpha value is -0.420. The zero-order valence-corrected chi connectivity index (χ0v) is 12.0. The molecule has 2 unspecified atom stereocenters. The molecule has 1 aliphatic rings. The number of nitrogens with zero attached hydrogens (tertiary/aromatic N) is 1. The predicted octanol–water partition coefficient (Wildman–Crippen LogP) is 3.79. The fourth-order valence-corrected chi connectivity index (χ4v) is 3.38. The topological polar surface area (TPSA) is 24.9 Å². The van der Waals surface area contributed by atoms with Crippen molar-refractivity contribution >= 4 is 35.1 Å². The van der Waals surface area contributed by atoms with Crippen molar-refractivity contribution < 1.29 is 0 Å². The third-order valence-electron chi connectivity index (χ3n) is 2.94. The summed E-state index contributed by atoms with van der Waals surface area (Å²) < 4.78 is 0. The van der Waals surface area contributed by atoms with Crippen molar-refractivity contribution in [3.8, 4) is 9.88 Å². The van der Waals surface area contributed by atoms with Crippen LogP contribution in [0.2, 0.25) is 0 Å². The highest BCUT2D eigenvalue weighted by molar-refractivity contribution is 7.20.